The van der Waals surface area contributed by atoms with Gasteiger partial charge in [-0.05, 0) is 13.0 Å². The molecule has 0 amide bonds. The van der Waals surface area contributed by atoms with Crippen LogP contribution in [0.3, 0.4) is 0 Å². The van der Waals surface area contributed by atoms with Crippen molar-refractivity contribution in [2.45, 2.75) is 6.92 Å². The number of carbonyl (C=O) groups is 1. The molecule has 0 spiro atoms. The molecule has 0 aliphatic heterocycles. The second kappa shape index (κ2) is 5.31. The van der Waals surface area contributed by atoms with Gasteiger partial charge in [0, 0.05) is 5.39 Å². The first kappa shape index (κ1) is 13.4. The lowest BCUT2D eigenvalue weighted by Crippen LogP contribution is -2.07. The molecule has 1 heterocycles. The molecule has 0 unspecified atom stereocenters. The number of halogens is 3. The van der Waals surface area contributed by atoms with Crippen molar-refractivity contribution in [3.63, 3.8) is 0 Å². The Morgan fingerprint density at radius 3 is 2.72 bits per heavy atom. The molecule has 2 rings (SSSR count). The molecule has 1 aromatic heterocycles. The van der Waals surface area contributed by atoms with Gasteiger partial charge < -0.3 is 4.74 Å². The second-order valence-corrected chi connectivity index (χ2v) is 4.59. The SMILES string of the molecule is CCOC(=O)c1c(Cl)nc2c(Cl)cccc2c1Cl. The van der Waals surface area contributed by atoms with Crippen molar-refractivity contribution in [3.8, 4) is 0 Å². The molecule has 18 heavy (non-hydrogen) atoms. The zero-order chi connectivity index (χ0) is 13.3. The number of esters is 1. The Hall–Kier alpha value is -1.03. The van der Waals surface area contributed by atoms with Gasteiger partial charge in [-0.25, -0.2) is 9.78 Å². The predicted molar refractivity (Wildman–Crippen MR) is 72.7 cm³/mol. The summed E-state index contributed by atoms with van der Waals surface area (Å²) in [7, 11) is 0. The lowest BCUT2D eigenvalue weighted by Gasteiger charge is -2.09. The quantitative estimate of drug-likeness (QED) is 0.611. The first-order chi connectivity index (χ1) is 8.56. The number of hydrogen-bond acceptors (Lipinski definition) is 3. The van der Waals surface area contributed by atoms with Crippen molar-refractivity contribution in [2.24, 2.45) is 0 Å². The molecule has 94 valence electrons. The van der Waals surface area contributed by atoms with Gasteiger partial charge in [0.2, 0.25) is 0 Å². The second-order valence-electron chi connectivity index (χ2n) is 3.45. The van der Waals surface area contributed by atoms with Crippen molar-refractivity contribution in [1.29, 1.82) is 0 Å². The largest absolute Gasteiger partial charge is 0.462 e. The summed E-state index contributed by atoms with van der Waals surface area (Å²) in [5.74, 6) is -0.595. The minimum absolute atomic E-state index is 0.0148. The van der Waals surface area contributed by atoms with Crippen LogP contribution in [0, 0.1) is 0 Å². The van der Waals surface area contributed by atoms with E-state index in [0.717, 1.165) is 0 Å². The van der Waals surface area contributed by atoms with Gasteiger partial charge in [0.05, 0.1) is 22.2 Å². The van der Waals surface area contributed by atoms with E-state index in [-0.39, 0.29) is 22.3 Å². The van der Waals surface area contributed by atoms with Gasteiger partial charge in [0.15, 0.2) is 0 Å². The monoisotopic (exact) mass is 303 g/mol. The molecule has 0 bridgehead atoms. The normalized spacial score (nSPS) is 10.7. The molecule has 0 aliphatic rings. The smallest absolute Gasteiger partial charge is 0.342 e. The van der Waals surface area contributed by atoms with E-state index in [1.54, 1.807) is 25.1 Å². The number of hydrogen-bond donors (Lipinski definition) is 0. The number of nitrogens with zero attached hydrogens (tertiary/aromatic N) is 1. The third-order valence-electron chi connectivity index (χ3n) is 2.34. The molecule has 0 fully saturated rings. The summed E-state index contributed by atoms with van der Waals surface area (Å²) in [5.41, 5.74) is 0.525. The number of benzene rings is 1. The van der Waals surface area contributed by atoms with Gasteiger partial charge in [0.1, 0.15) is 10.7 Å². The molecule has 1 aromatic carbocycles. The lowest BCUT2D eigenvalue weighted by molar-refractivity contribution is 0.0526. The highest BCUT2D eigenvalue weighted by Gasteiger charge is 2.20. The fourth-order valence-corrected chi connectivity index (χ4v) is 2.40. The van der Waals surface area contributed by atoms with Crippen LogP contribution in [0.5, 0.6) is 0 Å². The Kier molecular flexibility index (Phi) is 3.95. The Bertz CT molecular complexity index is 628. The van der Waals surface area contributed by atoms with Gasteiger partial charge in [0.25, 0.3) is 0 Å². The highest BCUT2D eigenvalue weighted by Crippen LogP contribution is 2.34. The van der Waals surface area contributed by atoms with Gasteiger partial charge >= 0.3 is 5.97 Å². The first-order valence-electron chi connectivity index (χ1n) is 5.16. The van der Waals surface area contributed by atoms with Crippen LogP contribution in [-0.4, -0.2) is 17.6 Å². The maximum atomic E-state index is 11.8. The number of ether oxygens (including phenoxy) is 1. The van der Waals surface area contributed by atoms with E-state index in [4.69, 9.17) is 39.5 Å². The average molecular weight is 305 g/mol. The van der Waals surface area contributed by atoms with Crippen LogP contribution in [0.25, 0.3) is 10.9 Å². The van der Waals surface area contributed by atoms with Gasteiger partial charge in [-0.1, -0.05) is 46.9 Å². The minimum atomic E-state index is -0.595. The van der Waals surface area contributed by atoms with E-state index in [0.29, 0.717) is 15.9 Å². The predicted octanol–water partition coefficient (Wildman–Crippen LogP) is 4.37. The van der Waals surface area contributed by atoms with Crippen LogP contribution in [0.4, 0.5) is 0 Å². The topological polar surface area (TPSA) is 39.2 Å². The summed E-state index contributed by atoms with van der Waals surface area (Å²) in [4.78, 5) is 15.8. The summed E-state index contributed by atoms with van der Waals surface area (Å²) in [6.07, 6.45) is 0. The number of pyridine rings is 1. The number of rotatable bonds is 2. The van der Waals surface area contributed by atoms with E-state index in [1.165, 1.54) is 0 Å². The van der Waals surface area contributed by atoms with Crippen molar-refractivity contribution < 1.29 is 9.53 Å². The van der Waals surface area contributed by atoms with E-state index in [2.05, 4.69) is 4.98 Å². The standard InChI is InChI=1S/C12H8Cl3NO2/c1-2-18-12(17)8-9(14)6-4-3-5-7(13)10(6)16-11(8)15/h3-5H,2H2,1H3. The number of para-hydroxylation sites is 1. The zero-order valence-electron chi connectivity index (χ0n) is 9.34. The third kappa shape index (κ3) is 2.26. The average Bonchev–Trinajstić information content (AvgIpc) is 2.31. The first-order valence-corrected chi connectivity index (χ1v) is 6.30. The fraction of sp³-hybridized carbons (Fsp3) is 0.167. The molecule has 3 nitrogen and oxygen atoms in total. The minimum Gasteiger partial charge on any atom is -0.462 e. The molecule has 0 radical (unpaired) electrons. The highest BCUT2D eigenvalue weighted by molar-refractivity contribution is 6.44. The molecule has 0 saturated heterocycles. The van der Waals surface area contributed by atoms with Crippen LogP contribution in [-0.2, 0) is 4.74 Å². The fourth-order valence-electron chi connectivity index (χ4n) is 1.56. The Morgan fingerprint density at radius 2 is 2.06 bits per heavy atom. The molecule has 0 atom stereocenters. The van der Waals surface area contributed by atoms with E-state index in [9.17, 15) is 4.79 Å². The van der Waals surface area contributed by atoms with Crippen molar-refractivity contribution in [3.05, 3.63) is 39.0 Å². The molecule has 0 saturated carbocycles. The summed E-state index contributed by atoms with van der Waals surface area (Å²) in [6.45, 7) is 1.93. The Balaban J connectivity index is 2.73. The van der Waals surface area contributed by atoms with Crippen LogP contribution < -0.4 is 0 Å². The Labute approximate surface area is 119 Å². The van der Waals surface area contributed by atoms with Gasteiger partial charge in [-0.3, -0.25) is 0 Å². The van der Waals surface area contributed by atoms with E-state index >= 15 is 0 Å². The lowest BCUT2D eigenvalue weighted by atomic mass is 10.1. The van der Waals surface area contributed by atoms with Gasteiger partial charge in [-0.15, -0.1) is 0 Å². The van der Waals surface area contributed by atoms with Crippen LogP contribution in [0.1, 0.15) is 17.3 Å². The highest BCUT2D eigenvalue weighted by atomic mass is 35.5. The number of fused-ring (bicyclic) bond motifs is 1. The van der Waals surface area contributed by atoms with Crippen LogP contribution in [0.15, 0.2) is 18.2 Å². The van der Waals surface area contributed by atoms with Crippen molar-refractivity contribution >= 4 is 51.7 Å². The third-order valence-corrected chi connectivity index (χ3v) is 3.31. The molecular weight excluding hydrogens is 296 g/mol. The number of carbonyl (C=O) groups excluding carboxylic acids is 1. The Morgan fingerprint density at radius 1 is 1.33 bits per heavy atom. The molecule has 0 aliphatic carbocycles. The van der Waals surface area contributed by atoms with Crippen molar-refractivity contribution in [1.82, 2.24) is 4.98 Å². The van der Waals surface area contributed by atoms with Crippen molar-refractivity contribution in [2.75, 3.05) is 6.61 Å². The van der Waals surface area contributed by atoms with Crippen LogP contribution >= 0.6 is 34.8 Å². The van der Waals surface area contributed by atoms with E-state index < -0.39 is 5.97 Å². The molecule has 2 aromatic rings. The number of aromatic nitrogens is 1. The summed E-state index contributed by atoms with van der Waals surface area (Å²) in [5, 5.41) is 1.17. The van der Waals surface area contributed by atoms with E-state index in [1.807, 2.05) is 0 Å². The van der Waals surface area contributed by atoms with Gasteiger partial charge in [-0.2, -0.15) is 0 Å². The summed E-state index contributed by atoms with van der Waals surface area (Å²) in [6, 6.07) is 5.12. The zero-order valence-corrected chi connectivity index (χ0v) is 11.6. The summed E-state index contributed by atoms with van der Waals surface area (Å²) < 4.78 is 4.89. The summed E-state index contributed by atoms with van der Waals surface area (Å²) >= 11 is 18.1. The maximum absolute atomic E-state index is 11.8. The van der Waals surface area contributed by atoms with Crippen LogP contribution in [0.2, 0.25) is 15.2 Å². The molecule has 0 N–H and O–H groups in total. The molecular formula is C12H8Cl3NO2. The maximum Gasteiger partial charge on any atom is 0.342 e. The molecule has 6 heteroatoms.